The van der Waals surface area contributed by atoms with Crippen molar-refractivity contribution in [1.29, 1.82) is 0 Å². The molecule has 0 bridgehead atoms. The third kappa shape index (κ3) is 3.20. The van der Waals surface area contributed by atoms with E-state index < -0.39 is 0 Å². The number of carbonyl (C=O) groups excluding carboxylic acids is 1. The van der Waals surface area contributed by atoms with Crippen LogP contribution in [0.5, 0.6) is 0 Å². The topological polar surface area (TPSA) is 38.1 Å². The van der Waals surface area contributed by atoms with Gasteiger partial charge in [0.05, 0.1) is 22.3 Å². The molecule has 0 saturated heterocycles. The lowest BCUT2D eigenvalue weighted by Gasteiger charge is -2.35. The molecule has 1 atom stereocenters. The third-order valence-corrected chi connectivity index (χ3v) is 7.65. The van der Waals surface area contributed by atoms with E-state index in [2.05, 4.69) is 50.3 Å². The van der Waals surface area contributed by atoms with E-state index in [1.807, 2.05) is 25.3 Å². The first-order chi connectivity index (χ1) is 14.2. The molecular weight excluding hydrogens is 398 g/mol. The average molecular weight is 422 g/mol. The molecule has 1 aliphatic rings. The number of para-hydroxylation sites is 1. The standard InChI is InChI=1S/C23H23N3OS2/c1-3-25-13-19(18-6-4-5-7-20(18)25)23(27)26-10-8-16-9-11-28-22(16)21(26)12-17-14-29-15(2)24-17/h4-7,9,11,13-14,21H,3,8,10,12H2,1-2H3. The Morgan fingerprint density at radius 1 is 1.24 bits per heavy atom. The lowest BCUT2D eigenvalue weighted by Crippen LogP contribution is -2.40. The zero-order valence-corrected chi connectivity index (χ0v) is 18.2. The maximum Gasteiger partial charge on any atom is 0.256 e. The summed E-state index contributed by atoms with van der Waals surface area (Å²) in [5.41, 5.74) is 4.39. The second kappa shape index (κ2) is 7.43. The van der Waals surface area contributed by atoms with Crippen molar-refractivity contribution < 1.29 is 4.79 Å². The Labute approximate surface area is 178 Å². The van der Waals surface area contributed by atoms with Crippen LogP contribution >= 0.6 is 22.7 Å². The van der Waals surface area contributed by atoms with Crippen LogP contribution in [0.2, 0.25) is 0 Å². The van der Waals surface area contributed by atoms with Crippen LogP contribution in [-0.4, -0.2) is 26.9 Å². The summed E-state index contributed by atoms with van der Waals surface area (Å²) in [5, 5.41) is 6.40. The van der Waals surface area contributed by atoms with Crippen molar-refractivity contribution in [3.8, 4) is 0 Å². The predicted octanol–water partition coefficient (Wildman–Crippen LogP) is 5.47. The number of nitrogens with zero attached hydrogens (tertiary/aromatic N) is 3. The molecule has 0 saturated carbocycles. The molecule has 1 unspecified atom stereocenters. The first kappa shape index (κ1) is 18.6. The minimum Gasteiger partial charge on any atom is -0.347 e. The fourth-order valence-corrected chi connectivity index (χ4v) is 6.06. The lowest BCUT2D eigenvalue weighted by atomic mass is 9.97. The van der Waals surface area contributed by atoms with E-state index in [0.29, 0.717) is 0 Å². The maximum atomic E-state index is 13.8. The van der Waals surface area contributed by atoms with Gasteiger partial charge in [0.15, 0.2) is 0 Å². The van der Waals surface area contributed by atoms with Gasteiger partial charge >= 0.3 is 0 Å². The summed E-state index contributed by atoms with van der Waals surface area (Å²) >= 11 is 3.44. The molecule has 148 valence electrons. The van der Waals surface area contributed by atoms with Gasteiger partial charge in [0.25, 0.3) is 5.91 Å². The van der Waals surface area contributed by atoms with E-state index in [9.17, 15) is 4.79 Å². The molecule has 1 aromatic carbocycles. The molecule has 3 aromatic heterocycles. The summed E-state index contributed by atoms with van der Waals surface area (Å²) in [6.07, 6.45) is 3.72. The molecule has 0 fully saturated rings. The van der Waals surface area contributed by atoms with Gasteiger partial charge in [-0.05, 0) is 43.3 Å². The fraction of sp³-hybridized carbons (Fsp3) is 0.304. The van der Waals surface area contributed by atoms with Gasteiger partial charge in [-0.2, -0.15) is 0 Å². The minimum atomic E-state index is 0.0523. The van der Waals surface area contributed by atoms with Crippen LogP contribution in [0, 0.1) is 6.92 Å². The molecule has 0 aliphatic carbocycles. The van der Waals surface area contributed by atoms with Crippen LogP contribution in [0.25, 0.3) is 10.9 Å². The highest BCUT2D eigenvalue weighted by Gasteiger charge is 2.34. The van der Waals surface area contributed by atoms with E-state index >= 15 is 0 Å². The number of aromatic nitrogens is 2. The predicted molar refractivity (Wildman–Crippen MR) is 120 cm³/mol. The van der Waals surface area contributed by atoms with Gasteiger partial charge < -0.3 is 9.47 Å². The van der Waals surface area contributed by atoms with Crippen LogP contribution in [0.1, 0.15) is 44.5 Å². The lowest BCUT2D eigenvalue weighted by molar-refractivity contribution is 0.0665. The number of thiazole rings is 1. The highest BCUT2D eigenvalue weighted by molar-refractivity contribution is 7.10. The number of aryl methyl sites for hydroxylation is 2. The van der Waals surface area contributed by atoms with Crippen LogP contribution < -0.4 is 0 Å². The zero-order valence-electron chi connectivity index (χ0n) is 16.6. The van der Waals surface area contributed by atoms with Crippen molar-refractivity contribution in [3.05, 3.63) is 74.0 Å². The fourth-order valence-electron chi connectivity index (χ4n) is 4.36. The Kier molecular flexibility index (Phi) is 4.76. The number of rotatable bonds is 4. The second-order valence-electron chi connectivity index (χ2n) is 7.48. The summed E-state index contributed by atoms with van der Waals surface area (Å²) < 4.78 is 2.17. The quantitative estimate of drug-likeness (QED) is 0.438. The van der Waals surface area contributed by atoms with E-state index in [1.54, 1.807) is 22.7 Å². The van der Waals surface area contributed by atoms with Crippen LogP contribution in [0.3, 0.4) is 0 Å². The summed E-state index contributed by atoms with van der Waals surface area (Å²) in [5.74, 6) is 0.129. The highest BCUT2D eigenvalue weighted by atomic mass is 32.1. The molecular formula is C23H23N3OS2. The molecule has 4 aromatic rings. The van der Waals surface area contributed by atoms with Gasteiger partial charge in [-0.1, -0.05) is 18.2 Å². The van der Waals surface area contributed by atoms with E-state index in [1.165, 1.54) is 10.4 Å². The van der Waals surface area contributed by atoms with Crippen molar-refractivity contribution in [2.24, 2.45) is 0 Å². The largest absolute Gasteiger partial charge is 0.347 e. The molecule has 5 rings (SSSR count). The molecule has 0 radical (unpaired) electrons. The van der Waals surface area contributed by atoms with Gasteiger partial charge in [0.1, 0.15) is 0 Å². The van der Waals surface area contributed by atoms with Gasteiger partial charge in [0.2, 0.25) is 0 Å². The Balaban J connectivity index is 1.56. The first-order valence-corrected chi connectivity index (χ1v) is 11.8. The van der Waals surface area contributed by atoms with Gasteiger partial charge in [-0.3, -0.25) is 4.79 Å². The smallest absolute Gasteiger partial charge is 0.256 e. The summed E-state index contributed by atoms with van der Waals surface area (Å²) in [6.45, 7) is 5.76. The number of benzene rings is 1. The van der Waals surface area contributed by atoms with Crippen molar-refractivity contribution in [2.45, 2.75) is 39.3 Å². The van der Waals surface area contributed by atoms with E-state index in [-0.39, 0.29) is 11.9 Å². The SMILES string of the molecule is CCn1cc(C(=O)N2CCc3ccsc3C2Cc2csc(C)n2)c2ccccc21. The van der Waals surface area contributed by atoms with Crippen LogP contribution in [0.15, 0.2) is 47.3 Å². The summed E-state index contributed by atoms with van der Waals surface area (Å²) in [4.78, 5) is 21.8. The number of thiophene rings is 1. The van der Waals surface area contributed by atoms with Crippen molar-refractivity contribution in [3.63, 3.8) is 0 Å². The van der Waals surface area contributed by atoms with Crippen molar-refractivity contribution in [2.75, 3.05) is 6.54 Å². The Morgan fingerprint density at radius 3 is 2.90 bits per heavy atom. The van der Waals surface area contributed by atoms with Gasteiger partial charge in [-0.25, -0.2) is 4.98 Å². The monoisotopic (exact) mass is 421 g/mol. The average Bonchev–Trinajstić information content (AvgIpc) is 3.46. The Bertz CT molecular complexity index is 1190. The van der Waals surface area contributed by atoms with E-state index in [0.717, 1.165) is 53.1 Å². The van der Waals surface area contributed by atoms with Crippen molar-refractivity contribution in [1.82, 2.24) is 14.5 Å². The first-order valence-electron chi connectivity index (χ1n) is 10.0. The molecule has 4 nitrogen and oxygen atoms in total. The molecule has 0 N–H and O–H groups in total. The molecule has 6 heteroatoms. The molecule has 4 heterocycles. The third-order valence-electron chi connectivity index (χ3n) is 5.77. The molecule has 29 heavy (non-hydrogen) atoms. The Hall–Kier alpha value is -2.44. The van der Waals surface area contributed by atoms with Gasteiger partial charge in [-0.15, -0.1) is 22.7 Å². The molecule has 1 aliphatic heterocycles. The maximum absolute atomic E-state index is 13.8. The molecule has 0 spiro atoms. The summed E-state index contributed by atoms with van der Waals surface area (Å²) in [6, 6.07) is 10.5. The van der Waals surface area contributed by atoms with Crippen LogP contribution in [0.4, 0.5) is 0 Å². The normalized spacial score (nSPS) is 16.3. The van der Waals surface area contributed by atoms with Crippen LogP contribution in [-0.2, 0) is 19.4 Å². The minimum absolute atomic E-state index is 0.0523. The number of carbonyl (C=O) groups is 1. The second-order valence-corrected chi connectivity index (χ2v) is 9.49. The van der Waals surface area contributed by atoms with Gasteiger partial charge in [0, 0.05) is 46.9 Å². The number of hydrogen-bond acceptors (Lipinski definition) is 4. The zero-order chi connectivity index (χ0) is 20.0. The number of hydrogen-bond donors (Lipinski definition) is 0. The highest BCUT2D eigenvalue weighted by Crippen LogP contribution is 2.38. The van der Waals surface area contributed by atoms with Crippen molar-refractivity contribution >= 4 is 39.5 Å². The van der Waals surface area contributed by atoms with E-state index in [4.69, 9.17) is 0 Å². The summed E-state index contributed by atoms with van der Waals surface area (Å²) in [7, 11) is 0. The Morgan fingerprint density at radius 2 is 2.10 bits per heavy atom. The number of amides is 1. The molecule has 1 amide bonds. The number of fused-ring (bicyclic) bond motifs is 2.